The molecule has 0 radical (unpaired) electrons. The van der Waals surface area contributed by atoms with E-state index < -0.39 is 0 Å². The molecular weight excluding hydrogens is 242 g/mol. The van der Waals surface area contributed by atoms with E-state index >= 15 is 0 Å². The molecule has 2 N–H and O–H groups in total. The highest BCUT2D eigenvalue weighted by atomic mass is 32.2. The van der Waals surface area contributed by atoms with Crippen LogP contribution in [0.5, 0.6) is 0 Å². The van der Waals surface area contributed by atoms with Crippen molar-refractivity contribution in [1.29, 1.82) is 0 Å². The summed E-state index contributed by atoms with van der Waals surface area (Å²) in [5.41, 5.74) is 7.48. The van der Waals surface area contributed by atoms with Gasteiger partial charge in [0.25, 0.3) is 0 Å². The zero-order valence-corrected chi connectivity index (χ0v) is 11.5. The van der Waals surface area contributed by atoms with E-state index in [0.29, 0.717) is 18.1 Å². The second-order valence-corrected chi connectivity index (χ2v) is 6.49. The van der Waals surface area contributed by atoms with Gasteiger partial charge in [-0.05, 0) is 37.3 Å². The normalized spacial score (nSPS) is 31.3. The third-order valence-corrected chi connectivity index (χ3v) is 5.25. The van der Waals surface area contributed by atoms with Crippen LogP contribution >= 0.6 is 11.8 Å². The van der Waals surface area contributed by atoms with Crippen molar-refractivity contribution in [2.75, 3.05) is 12.4 Å². The lowest BCUT2D eigenvalue weighted by Crippen LogP contribution is -2.32. The molecule has 0 bridgehead atoms. The van der Waals surface area contributed by atoms with Crippen LogP contribution in [-0.2, 0) is 4.74 Å². The van der Waals surface area contributed by atoms with Gasteiger partial charge in [0.05, 0.1) is 12.7 Å². The summed E-state index contributed by atoms with van der Waals surface area (Å²) in [6, 6.07) is 9.07. The Morgan fingerprint density at radius 3 is 3.06 bits per heavy atom. The van der Waals surface area contributed by atoms with E-state index in [1.165, 1.54) is 29.7 Å². The average molecular weight is 263 g/mol. The number of ether oxygens (including phenoxy) is 1. The molecule has 0 saturated heterocycles. The number of nitrogens with two attached hydrogens (primary N) is 1. The molecule has 18 heavy (non-hydrogen) atoms. The summed E-state index contributed by atoms with van der Waals surface area (Å²) in [4.78, 5) is 1.44. The van der Waals surface area contributed by atoms with Gasteiger partial charge in [-0.1, -0.05) is 18.2 Å². The molecule has 1 aliphatic carbocycles. The van der Waals surface area contributed by atoms with Crippen molar-refractivity contribution in [1.82, 2.24) is 0 Å². The Hall–Kier alpha value is -0.510. The zero-order chi connectivity index (χ0) is 12.4. The fraction of sp³-hybridized carbons (Fsp3) is 0.600. The summed E-state index contributed by atoms with van der Waals surface area (Å²) in [5.74, 6) is 1.74. The van der Waals surface area contributed by atoms with Crippen molar-refractivity contribution < 1.29 is 4.74 Å². The Balaban J connectivity index is 1.55. The first-order chi connectivity index (χ1) is 8.83. The van der Waals surface area contributed by atoms with Gasteiger partial charge in [-0.15, -0.1) is 11.8 Å². The van der Waals surface area contributed by atoms with E-state index in [1.54, 1.807) is 0 Å². The molecule has 98 valence electrons. The molecule has 3 heteroatoms. The van der Waals surface area contributed by atoms with Crippen LogP contribution in [0.25, 0.3) is 0 Å². The summed E-state index contributed by atoms with van der Waals surface area (Å²) in [6.45, 7) is 0.863. The number of fused-ring (bicyclic) bond motifs is 1. The molecule has 2 aliphatic rings. The van der Waals surface area contributed by atoms with Gasteiger partial charge in [-0.2, -0.15) is 0 Å². The van der Waals surface area contributed by atoms with Gasteiger partial charge >= 0.3 is 0 Å². The third kappa shape index (κ3) is 2.73. The maximum Gasteiger partial charge on any atom is 0.0590 e. The molecule has 0 aromatic heterocycles. The Morgan fingerprint density at radius 1 is 1.28 bits per heavy atom. The standard InChI is InChI=1S/C15H21NOS/c16-12-4-3-5-13(8-12)17-9-11-10-18-15-7-2-1-6-14(11)15/h1-2,6-7,11-13H,3-5,8-10,16H2. The van der Waals surface area contributed by atoms with Crippen LogP contribution in [0.2, 0.25) is 0 Å². The molecule has 1 aliphatic heterocycles. The van der Waals surface area contributed by atoms with Crippen LogP contribution in [-0.4, -0.2) is 24.5 Å². The summed E-state index contributed by atoms with van der Waals surface area (Å²) in [5, 5.41) is 0. The zero-order valence-electron chi connectivity index (χ0n) is 10.7. The van der Waals surface area contributed by atoms with E-state index in [0.717, 1.165) is 18.8 Å². The second-order valence-electron chi connectivity index (χ2n) is 5.43. The summed E-state index contributed by atoms with van der Waals surface area (Å²) in [6.07, 6.45) is 5.02. The highest BCUT2D eigenvalue weighted by Crippen LogP contribution is 2.39. The van der Waals surface area contributed by atoms with E-state index in [4.69, 9.17) is 10.5 Å². The van der Waals surface area contributed by atoms with Gasteiger partial charge in [0.2, 0.25) is 0 Å². The fourth-order valence-electron chi connectivity index (χ4n) is 2.95. The highest BCUT2D eigenvalue weighted by molar-refractivity contribution is 7.99. The molecule has 0 amide bonds. The van der Waals surface area contributed by atoms with Crippen molar-refractivity contribution in [3.63, 3.8) is 0 Å². The van der Waals surface area contributed by atoms with Gasteiger partial charge in [0, 0.05) is 22.6 Å². The molecule has 1 saturated carbocycles. The second kappa shape index (κ2) is 5.64. The molecule has 1 fully saturated rings. The number of thioether (sulfide) groups is 1. The van der Waals surface area contributed by atoms with Gasteiger partial charge < -0.3 is 10.5 Å². The van der Waals surface area contributed by atoms with Crippen molar-refractivity contribution in [3.05, 3.63) is 29.8 Å². The van der Waals surface area contributed by atoms with E-state index in [1.807, 2.05) is 11.8 Å². The van der Waals surface area contributed by atoms with Crippen molar-refractivity contribution in [3.8, 4) is 0 Å². The molecular formula is C15H21NOS. The summed E-state index contributed by atoms with van der Waals surface area (Å²) in [7, 11) is 0. The summed E-state index contributed by atoms with van der Waals surface area (Å²) < 4.78 is 6.10. The van der Waals surface area contributed by atoms with Crippen molar-refractivity contribution >= 4 is 11.8 Å². The lowest BCUT2D eigenvalue weighted by molar-refractivity contribution is 0.0180. The Bertz CT molecular complexity index is 409. The minimum Gasteiger partial charge on any atom is -0.377 e. The highest BCUT2D eigenvalue weighted by Gasteiger charge is 2.25. The monoisotopic (exact) mass is 263 g/mol. The van der Waals surface area contributed by atoms with Crippen molar-refractivity contribution in [2.24, 2.45) is 5.73 Å². The van der Waals surface area contributed by atoms with E-state index in [9.17, 15) is 0 Å². The molecule has 1 aromatic rings. The molecule has 3 rings (SSSR count). The molecule has 3 atom stereocenters. The maximum absolute atomic E-state index is 6.10. The average Bonchev–Trinajstić information content (AvgIpc) is 2.80. The van der Waals surface area contributed by atoms with E-state index in [2.05, 4.69) is 24.3 Å². The Labute approximate surface area is 113 Å². The van der Waals surface area contributed by atoms with Crippen LogP contribution in [0.15, 0.2) is 29.2 Å². The topological polar surface area (TPSA) is 35.2 Å². The van der Waals surface area contributed by atoms with Crippen molar-refractivity contribution in [2.45, 2.75) is 48.6 Å². The molecule has 3 unspecified atom stereocenters. The molecule has 2 nitrogen and oxygen atoms in total. The van der Waals surface area contributed by atoms with E-state index in [-0.39, 0.29) is 0 Å². The van der Waals surface area contributed by atoms with Crippen LogP contribution in [0.1, 0.15) is 37.2 Å². The number of rotatable bonds is 3. The minimum absolute atomic E-state index is 0.356. The van der Waals surface area contributed by atoms with Gasteiger partial charge in [0.15, 0.2) is 0 Å². The smallest absolute Gasteiger partial charge is 0.0590 e. The molecule has 0 spiro atoms. The van der Waals surface area contributed by atoms with Gasteiger partial charge in [-0.25, -0.2) is 0 Å². The lowest BCUT2D eigenvalue weighted by atomic mass is 9.93. The third-order valence-electron chi connectivity index (χ3n) is 4.00. The number of benzene rings is 1. The first-order valence-electron chi connectivity index (χ1n) is 6.92. The largest absolute Gasteiger partial charge is 0.377 e. The van der Waals surface area contributed by atoms with Crippen LogP contribution in [0.3, 0.4) is 0 Å². The molecule has 1 aromatic carbocycles. The Kier molecular flexibility index (Phi) is 3.92. The Morgan fingerprint density at radius 2 is 2.17 bits per heavy atom. The fourth-order valence-corrected chi connectivity index (χ4v) is 4.18. The SMILES string of the molecule is NC1CCCC(OCC2CSc3ccccc32)C1. The molecule has 1 heterocycles. The lowest BCUT2D eigenvalue weighted by Gasteiger charge is -2.27. The number of hydrogen-bond acceptors (Lipinski definition) is 3. The van der Waals surface area contributed by atoms with Crippen LogP contribution in [0.4, 0.5) is 0 Å². The maximum atomic E-state index is 6.10. The number of hydrogen-bond donors (Lipinski definition) is 1. The van der Waals surface area contributed by atoms with Crippen LogP contribution in [0, 0.1) is 0 Å². The predicted molar refractivity (Wildman–Crippen MR) is 76.1 cm³/mol. The first-order valence-corrected chi connectivity index (χ1v) is 7.90. The first kappa shape index (κ1) is 12.5. The summed E-state index contributed by atoms with van der Waals surface area (Å²) >= 11 is 1.96. The predicted octanol–water partition coefficient (Wildman–Crippen LogP) is 3.16. The van der Waals surface area contributed by atoms with Crippen LogP contribution < -0.4 is 5.73 Å². The minimum atomic E-state index is 0.356. The quantitative estimate of drug-likeness (QED) is 0.910. The van der Waals surface area contributed by atoms with Gasteiger partial charge in [0.1, 0.15) is 0 Å². The van der Waals surface area contributed by atoms with Gasteiger partial charge in [-0.3, -0.25) is 0 Å².